The van der Waals surface area contributed by atoms with E-state index in [4.69, 9.17) is 15.6 Å². The van der Waals surface area contributed by atoms with Crippen molar-refractivity contribution >= 4 is 46.2 Å². The van der Waals surface area contributed by atoms with Crippen molar-refractivity contribution in [3.63, 3.8) is 0 Å². The molecule has 158 valence electrons. The lowest BCUT2D eigenvalue weighted by Crippen LogP contribution is -2.41. The number of hydrogen-bond acceptors (Lipinski definition) is 9. The number of benzene rings is 1. The number of rotatable bonds is 5. The average molecular weight is 434 g/mol. The van der Waals surface area contributed by atoms with E-state index in [0.717, 1.165) is 0 Å². The van der Waals surface area contributed by atoms with Gasteiger partial charge in [0.2, 0.25) is 5.91 Å². The Morgan fingerprint density at radius 3 is 2.83 bits per heavy atom. The Bertz CT molecular complexity index is 999. The first-order valence-corrected chi connectivity index (χ1v) is 10.0. The molecule has 3 N–H and O–H groups in total. The summed E-state index contributed by atoms with van der Waals surface area (Å²) >= 11 is 1.27. The van der Waals surface area contributed by atoms with Crippen LogP contribution in [0.25, 0.3) is 0 Å². The molecule has 10 nitrogen and oxygen atoms in total. The second kappa shape index (κ2) is 8.24. The van der Waals surface area contributed by atoms with E-state index in [0.29, 0.717) is 23.1 Å². The van der Waals surface area contributed by atoms with Crippen LogP contribution in [0.15, 0.2) is 28.7 Å². The van der Waals surface area contributed by atoms with Gasteiger partial charge in [0, 0.05) is 11.9 Å². The third kappa shape index (κ3) is 4.04. The quantitative estimate of drug-likeness (QED) is 0.720. The zero-order valence-corrected chi connectivity index (χ0v) is 16.6. The molecule has 1 aromatic heterocycles. The number of nitrogens with zero attached hydrogens (tertiary/aromatic N) is 5. The standard InChI is InChI=1S/C18H19FN6O4S/c19-14-6-12(24-7-13(8-26)29-18(24)28)1-2-15(14)23-3-4-25(21-10-23)16(27)5-11-9-30-17(20)22-11/h1-2,6,9-10,13,26H,3-5,7-8H2,(H2,20,22)/t13-/m1/s1. The van der Waals surface area contributed by atoms with E-state index in [2.05, 4.69) is 10.1 Å². The van der Waals surface area contributed by atoms with Gasteiger partial charge >= 0.3 is 6.09 Å². The minimum absolute atomic E-state index is 0.0921. The van der Waals surface area contributed by atoms with Gasteiger partial charge in [-0.3, -0.25) is 9.69 Å². The average Bonchev–Trinajstić information content (AvgIpc) is 3.33. The van der Waals surface area contributed by atoms with Gasteiger partial charge in [-0.05, 0) is 18.2 Å². The zero-order chi connectivity index (χ0) is 21.3. The highest BCUT2D eigenvalue weighted by Crippen LogP contribution is 2.28. The van der Waals surface area contributed by atoms with Crippen molar-refractivity contribution in [1.29, 1.82) is 0 Å². The third-order valence-electron chi connectivity index (χ3n) is 4.70. The molecule has 2 amide bonds. The molecule has 0 radical (unpaired) electrons. The summed E-state index contributed by atoms with van der Waals surface area (Å²) in [6.07, 6.45) is 0.228. The lowest BCUT2D eigenvalue weighted by molar-refractivity contribution is -0.130. The number of carbonyl (C=O) groups is 2. The van der Waals surface area contributed by atoms with Crippen LogP contribution in [0.5, 0.6) is 0 Å². The molecule has 2 aliphatic heterocycles. The summed E-state index contributed by atoms with van der Waals surface area (Å²) in [5.74, 6) is -0.769. The Labute approximate surface area is 175 Å². The maximum absolute atomic E-state index is 14.7. The van der Waals surface area contributed by atoms with E-state index in [-0.39, 0.29) is 37.7 Å². The number of thiazole rings is 1. The Balaban J connectivity index is 1.42. The number of halogens is 1. The minimum atomic E-state index is -0.628. The van der Waals surface area contributed by atoms with Gasteiger partial charge < -0.3 is 20.5 Å². The Morgan fingerprint density at radius 2 is 2.23 bits per heavy atom. The summed E-state index contributed by atoms with van der Waals surface area (Å²) in [4.78, 5) is 31.1. The molecule has 0 bridgehead atoms. The number of nitrogen functional groups attached to an aromatic ring is 1. The summed E-state index contributed by atoms with van der Waals surface area (Å²) in [6, 6.07) is 4.36. The van der Waals surface area contributed by atoms with E-state index in [9.17, 15) is 14.0 Å². The van der Waals surface area contributed by atoms with Gasteiger partial charge in [-0.2, -0.15) is 5.10 Å². The highest BCUT2D eigenvalue weighted by atomic mass is 32.1. The number of ether oxygens (including phenoxy) is 1. The molecule has 1 atom stereocenters. The molecule has 4 rings (SSSR count). The molecule has 1 fully saturated rings. The monoisotopic (exact) mass is 434 g/mol. The van der Waals surface area contributed by atoms with Gasteiger partial charge in [0.25, 0.3) is 0 Å². The molecule has 3 heterocycles. The number of aromatic nitrogens is 1. The van der Waals surface area contributed by atoms with Crippen LogP contribution < -0.4 is 15.5 Å². The van der Waals surface area contributed by atoms with Crippen LogP contribution in [0.4, 0.5) is 25.7 Å². The zero-order valence-electron chi connectivity index (χ0n) is 15.8. The summed E-state index contributed by atoms with van der Waals surface area (Å²) in [6.45, 7) is 0.495. The fourth-order valence-electron chi connectivity index (χ4n) is 3.19. The molecule has 2 aliphatic rings. The summed E-state index contributed by atoms with van der Waals surface area (Å²) in [7, 11) is 0. The van der Waals surface area contributed by atoms with Crippen LogP contribution in [0, 0.1) is 5.82 Å². The number of amides is 2. The molecule has 1 saturated heterocycles. The number of carbonyl (C=O) groups excluding carboxylic acids is 2. The van der Waals surface area contributed by atoms with Crippen molar-refractivity contribution in [2.75, 3.05) is 41.8 Å². The number of hydrogen-bond donors (Lipinski definition) is 2. The number of aliphatic hydroxyl groups is 1. The van der Waals surface area contributed by atoms with Crippen LogP contribution in [-0.2, 0) is 16.0 Å². The largest absolute Gasteiger partial charge is 0.441 e. The van der Waals surface area contributed by atoms with E-state index in [1.165, 1.54) is 39.7 Å². The number of nitrogens with two attached hydrogens (primary N) is 1. The van der Waals surface area contributed by atoms with Gasteiger partial charge in [0.05, 0.1) is 43.2 Å². The van der Waals surface area contributed by atoms with E-state index in [1.807, 2.05) is 0 Å². The van der Waals surface area contributed by atoms with Crippen molar-refractivity contribution in [3.8, 4) is 0 Å². The van der Waals surface area contributed by atoms with Crippen LogP contribution in [-0.4, -0.2) is 65.8 Å². The first-order valence-electron chi connectivity index (χ1n) is 9.14. The minimum Gasteiger partial charge on any atom is -0.441 e. The number of aliphatic hydroxyl groups excluding tert-OH is 1. The van der Waals surface area contributed by atoms with Crippen LogP contribution in [0.3, 0.4) is 0 Å². The molecule has 0 unspecified atom stereocenters. The van der Waals surface area contributed by atoms with Gasteiger partial charge in [-0.25, -0.2) is 19.2 Å². The van der Waals surface area contributed by atoms with Crippen molar-refractivity contribution in [2.45, 2.75) is 12.5 Å². The van der Waals surface area contributed by atoms with Gasteiger partial charge in [0.1, 0.15) is 18.3 Å². The first-order chi connectivity index (χ1) is 14.4. The van der Waals surface area contributed by atoms with Crippen LogP contribution in [0.2, 0.25) is 0 Å². The fourth-order valence-corrected chi connectivity index (χ4v) is 3.75. The smallest absolute Gasteiger partial charge is 0.414 e. The Morgan fingerprint density at radius 1 is 1.40 bits per heavy atom. The highest BCUT2D eigenvalue weighted by molar-refractivity contribution is 7.13. The number of cyclic esters (lactones) is 1. The van der Waals surface area contributed by atoms with Crippen molar-refractivity contribution in [1.82, 2.24) is 9.99 Å². The fraction of sp³-hybridized carbons (Fsp3) is 0.333. The molecule has 12 heteroatoms. The van der Waals surface area contributed by atoms with E-state index < -0.39 is 18.0 Å². The van der Waals surface area contributed by atoms with Crippen LogP contribution in [0.1, 0.15) is 5.69 Å². The second-order valence-corrected chi connectivity index (χ2v) is 7.62. The molecule has 0 spiro atoms. The predicted molar refractivity (Wildman–Crippen MR) is 109 cm³/mol. The van der Waals surface area contributed by atoms with E-state index >= 15 is 0 Å². The summed E-state index contributed by atoms with van der Waals surface area (Å²) < 4.78 is 19.7. The van der Waals surface area contributed by atoms with Gasteiger partial charge in [0.15, 0.2) is 5.13 Å². The van der Waals surface area contributed by atoms with Crippen molar-refractivity contribution in [2.24, 2.45) is 5.10 Å². The maximum atomic E-state index is 14.7. The van der Waals surface area contributed by atoms with Crippen molar-refractivity contribution in [3.05, 3.63) is 35.1 Å². The second-order valence-electron chi connectivity index (χ2n) is 6.73. The molecule has 30 heavy (non-hydrogen) atoms. The third-order valence-corrected chi connectivity index (χ3v) is 5.43. The predicted octanol–water partition coefficient (Wildman–Crippen LogP) is 1.02. The van der Waals surface area contributed by atoms with Gasteiger partial charge in [-0.15, -0.1) is 11.3 Å². The molecule has 0 saturated carbocycles. The molecular formula is C18H19FN6O4S. The van der Waals surface area contributed by atoms with Crippen molar-refractivity contribution < 1.29 is 23.8 Å². The number of anilines is 3. The maximum Gasteiger partial charge on any atom is 0.414 e. The topological polar surface area (TPSA) is 125 Å². The normalized spacial score (nSPS) is 18.8. The van der Waals surface area contributed by atoms with Gasteiger partial charge in [-0.1, -0.05) is 0 Å². The summed E-state index contributed by atoms with van der Waals surface area (Å²) in [5, 5.41) is 16.7. The Kier molecular flexibility index (Phi) is 5.50. The highest BCUT2D eigenvalue weighted by Gasteiger charge is 2.32. The molecule has 0 aliphatic carbocycles. The number of hydrazone groups is 1. The SMILES string of the molecule is Nc1nc(CC(=O)N2CCN(c3ccc(N4C[C@H](CO)OC4=O)cc3F)C=N2)cs1. The summed E-state index contributed by atoms with van der Waals surface area (Å²) in [5.41, 5.74) is 6.77. The molecular weight excluding hydrogens is 415 g/mol. The lowest BCUT2D eigenvalue weighted by Gasteiger charge is -2.29. The van der Waals surface area contributed by atoms with Crippen LogP contribution >= 0.6 is 11.3 Å². The Hall–Kier alpha value is -3.25. The molecule has 2 aromatic rings. The molecule has 1 aromatic carbocycles. The first kappa shape index (κ1) is 20.0. The van der Waals surface area contributed by atoms with E-state index in [1.54, 1.807) is 16.3 Å². The lowest BCUT2D eigenvalue weighted by atomic mass is 10.2.